The molecule has 0 aliphatic heterocycles. The van der Waals surface area contributed by atoms with Crippen LogP contribution in [0, 0.1) is 0 Å². The molecule has 4 nitrogen and oxygen atoms in total. The third kappa shape index (κ3) is 1.88. The molecule has 1 rings (SSSR count). The first-order valence-corrected chi connectivity index (χ1v) is 4.25. The molecule has 0 aliphatic rings. The molecule has 0 atom stereocenters. The van der Waals surface area contributed by atoms with E-state index in [2.05, 4.69) is 11.9 Å². The summed E-state index contributed by atoms with van der Waals surface area (Å²) >= 11 is 0. The molecule has 0 amide bonds. The summed E-state index contributed by atoms with van der Waals surface area (Å²) in [5.41, 5.74) is 0.0299. The molecule has 0 aromatic carbocycles. The summed E-state index contributed by atoms with van der Waals surface area (Å²) in [6.45, 7) is 6.14. The molecule has 4 heteroatoms. The van der Waals surface area contributed by atoms with Crippen LogP contribution >= 0.6 is 0 Å². The molecule has 0 fully saturated rings. The molecule has 0 bridgehead atoms. The van der Waals surface area contributed by atoms with Crippen LogP contribution in [-0.4, -0.2) is 20.6 Å². The Morgan fingerprint density at radius 2 is 2.31 bits per heavy atom. The molecule has 1 heterocycles. The van der Waals surface area contributed by atoms with Crippen molar-refractivity contribution in [3.05, 3.63) is 18.2 Å². The van der Waals surface area contributed by atoms with Crippen molar-refractivity contribution in [2.24, 2.45) is 0 Å². The topological polar surface area (TPSA) is 55.1 Å². The van der Waals surface area contributed by atoms with Crippen molar-refractivity contribution in [2.75, 3.05) is 0 Å². The number of imidazole rings is 1. The Kier molecular flexibility index (Phi) is 2.40. The van der Waals surface area contributed by atoms with Gasteiger partial charge in [0.15, 0.2) is 5.69 Å². The summed E-state index contributed by atoms with van der Waals surface area (Å²) < 4.78 is 1.83. The molecule has 72 valence electrons. The van der Waals surface area contributed by atoms with Gasteiger partial charge in [-0.2, -0.15) is 0 Å². The fraction of sp³-hybridized carbons (Fsp3) is 0.556. The predicted octanol–water partition coefficient (Wildman–Crippen LogP) is 1.73. The van der Waals surface area contributed by atoms with Crippen molar-refractivity contribution in [3.8, 4) is 0 Å². The standard InChI is InChI=1S/C9H14N2O2/c1-4-9(2,3)11-5-7(8(12)13)10-6-11/h5-6H,4H2,1-3H3,(H,12,13). The van der Waals surface area contributed by atoms with Crippen LogP contribution in [0.2, 0.25) is 0 Å². The Balaban J connectivity index is 2.98. The van der Waals surface area contributed by atoms with E-state index >= 15 is 0 Å². The van der Waals surface area contributed by atoms with Gasteiger partial charge in [-0.3, -0.25) is 0 Å². The SMILES string of the molecule is CCC(C)(C)n1cnc(C(=O)O)c1. The van der Waals surface area contributed by atoms with Crippen LogP contribution in [0.4, 0.5) is 0 Å². The van der Waals surface area contributed by atoms with Crippen molar-refractivity contribution in [3.63, 3.8) is 0 Å². The van der Waals surface area contributed by atoms with Crippen molar-refractivity contribution < 1.29 is 9.90 Å². The van der Waals surface area contributed by atoms with Crippen molar-refractivity contribution in [1.82, 2.24) is 9.55 Å². The first kappa shape index (κ1) is 9.77. The molecule has 1 aromatic rings. The van der Waals surface area contributed by atoms with Crippen LogP contribution in [0.5, 0.6) is 0 Å². The first-order chi connectivity index (χ1) is 5.97. The van der Waals surface area contributed by atoms with Crippen LogP contribution in [0.1, 0.15) is 37.7 Å². The molecule has 0 aliphatic carbocycles. The Labute approximate surface area is 77.2 Å². The van der Waals surface area contributed by atoms with E-state index < -0.39 is 5.97 Å². The van der Waals surface area contributed by atoms with Gasteiger partial charge in [-0.1, -0.05) is 6.92 Å². The smallest absolute Gasteiger partial charge is 0.356 e. The minimum absolute atomic E-state index is 0.0687. The highest BCUT2D eigenvalue weighted by atomic mass is 16.4. The van der Waals surface area contributed by atoms with Gasteiger partial charge in [0.1, 0.15) is 0 Å². The lowest BCUT2D eigenvalue weighted by Crippen LogP contribution is -2.23. The second-order valence-electron chi connectivity index (χ2n) is 3.64. The number of aromatic carboxylic acids is 1. The first-order valence-electron chi connectivity index (χ1n) is 4.25. The van der Waals surface area contributed by atoms with E-state index in [0.717, 1.165) is 6.42 Å². The Morgan fingerprint density at radius 3 is 2.69 bits per heavy atom. The molecule has 1 aromatic heterocycles. The van der Waals surface area contributed by atoms with Crippen molar-refractivity contribution >= 4 is 5.97 Å². The lowest BCUT2D eigenvalue weighted by molar-refractivity contribution is 0.0691. The molecule has 0 spiro atoms. The van der Waals surface area contributed by atoms with Gasteiger partial charge in [0.05, 0.1) is 6.33 Å². The maximum atomic E-state index is 10.6. The minimum atomic E-state index is -0.981. The summed E-state index contributed by atoms with van der Waals surface area (Å²) in [6.07, 6.45) is 4.06. The number of hydrogen-bond donors (Lipinski definition) is 1. The van der Waals surface area contributed by atoms with Crippen LogP contribution in [0.25, 0.3) is 0 Å². The van der Waals surface area contributed by atoms with Gasteiger partial charge in [0, 0.05) is 11.7 Å². The largest absolute Gasteiger partial charge is 0.476 e. The van der Waals surface area contributed by atoms with E-state index in [9.17, 15) is 4.79 Å². The lowest BCUT2D eigenvalue weighted by Gasteiger charge is -2.24. The average Bonchev–Trinajstić information content (AvgIpc) is 2.52. The number of aromatic nitrogens is 2. The number of hydrogen-bond acceptors (Lipinski definition) is 2. The van der Waals surface area contributed by atoms with Crippen LogP contribution in [0.3, 0.4) is 0 Å². The Morgan fingerprint density at radius 1 is 1.69 bits per heavy atom. The normalized spacial score (nSPS) is 11.6. The van der Waals surface area contributed by atoms with E-state index in [4.69, 9.17) is 5.11 Å². The number of carbonyl (C=O) groups is 1. The number of rotatable bonds is 3. The second kappa shape index (κ2) is 3.20. The molecule has 0 unspecified atom stereocenters. The maximum absolute atomic E-state index is 10.6. The van der Waals surface area contributed by atoms with Gasteiger partial charge in [-0.25, -0.2) is 9.78 Å². The molecule has 13 heavy (non-hydrogen) atoms. The van der Waals surface area contributed by atoms with Crippen molar-refractivity contribution in [2.45, 2.75) is 32.7 Å². The lowest BCUT2D eigenvalue weighted by atomic mass is 10.0. The summed E-state index contributed by atoms with van der Waals surface area (Å²) in [5, 5.41) is 8.66. The molecule has 0 radical (unpaired) electrons. The maximum Gasteiger partial charge on any atom is 0.356 e. The third-order valence-corrected chi connectivity index (χ3v) is 2.37. The monoisotopic (exact) mass is 182 g/mol. The summed E-state index contributed by atoms with van der Waals surface area (Å²) in [4.78, 5) is 14.3. The van der Waals surface area contributed by atoms with E-state index in [-0.39, 0.29) is 11.2 Å². The Bertz CT molecular complexity index is 315. The van der Waals surface area contributed by atoms with Gasteiger partial charge >= 0.3 is 5.97 Å². The minimum Gasteiger partial charge on any atom is -0.476 e. The highest BCUT2D eigenvalue weighted by Crippen LogP contribution is 2.18. The highest BCUT2D eigenvalue weighted by molar-refractivity contribution is 5.84. The molecular weight excluding hydrogens is 168 g/mol. The van der Waals surface area contributed by atoms with E-state index in [0.29, 0.717) is 0 Å². The predicted molar refractivity (Wildman–Crippen MR) is 48.8 cm³/mol. The van der Waals surface area contributed by atoms with Gasteiger partial charge < -0.3 is 9.67 Å². The zero-order chi connectivity index (χ0) is 10.1. The van der Waals surface area contributed by atoms with Crippen molar-refractivity contribution in [1.29, 1.82) is 0 Å². The van der Waals surface area contributed by atoms with Gasteiger partial charge in [0.2, 0.25) is 0 Å². The average molecular weight is 182 g/mol. The van der Waals surface area contributed by atoms with Gasteiger partial charge in [0.25, 0.3) is 0 Å². The molecule has 0 saturated heterocycles. The highest BCUT2D eigenvalue weighted by Gasteiger charge is 2.18. The van der Waals surface area contributed by atoms with Crippen LogP contribution in [-0.2, 0) is 5.54 Å². The fourth-order valence-corrected chi connectivity index (χ4v) is 0.947. The van der Waals surface area contributed by atoms with E-state index in [1.165, 1.54) is 0 Å². The molecule has 1 N–H and O–H groups in total. The zero-order valence-corrected chi connectivity index (χ0v) is 8.11. The zero-order valence-electron chi connectivity index (χ0n) is 8.11. The number of carboxylic acids is 1. The summed E-state index contributed by atoms with van der Waals surface area (Å²) in [5.74, 6) is -0.981. The van der Waals surface area contributed by atoms with Crippen LogP contribution < -0.4 is 0 Å². The van der Waals surface area contributed by atoms with Gasteiger partial charge in [-0.15, -0.1) is 0 Å². The quantitative estimate of drug-likeness (QED) is 0.774. The Hall–Kier alpha value is -1.32. The van der Waals surface area contributed by atoms with Crippen LogP contribution in [0.15, 0.2) is 12.5 Å². The van der Waals surface area contributed by atoms with E-state index in [1.54, 1.807) is 12.5 Å². The summed E-state index contributed by atoms with van der Waals surface area (Å²) in [7, 11) is 0. The number of carboxylic acid groups (broad SMARTS) is 1. The third-order valence-electron chi connectivity index (χ3n) is 2.37. The molecular formula is C9H14N2O2. The summed E-state index contributed by atoms with van der Waals surface area (Å²) in [6, 6.07) is 0. The molecule has 0 saturated carbocycles. The van der Waals surface area contributed by atoms with Gasteiger partial charge in [-0.05, 0) is 20.3 Å². The second-order valence-corrected chi connectivity index (χ2v) is 3.64. The van der Waals surface area contributed by atoms with E-state index in [1.807, 2.05) is 18.4 Å². The number of nitrogens with zero attached hydrogens (tertiary/aromatic N) is 2. The fourth-order valence-electron chi connectivity index (χ4n) is 0.947.